The van der Waals surface area contributed by atoms with Gasteiger partial charge >= 0.3 is 0 Å². The predicted molar refractivity (Wildman–Crippen MR) is 89.4 cm³/mol. The second-order valence-electron chi connectivity index (χ2n) is 6.20. The van der Waals surface area contributed by atoms with Crippen LogP contribution in [0.25, 0.3) is 0 Å². The summed E-state index contributed by atoms with van der Waals surface area (Å²) in [6, 6.07) is 6.81. The summed E-state index contributed by atoms with van der Waals surface area (Å²) in [4.78, 5) is 28.0. The van der Waals surface area contributed by atoms with Gasteiger partial charge in [0.2, 0.25) is 5.91 Å². The van der Waals surface area contributed by atoms with Crippen LogP contribution in [0.5, 0.6) is 0 Å². The van der Waals surface area contributed by atoms with Crippen LogP contribution in [0.1, 0.15) is 30.6 Å². The minimum Gasteiger partial charge on any atom is -0.392 e. The highest BCUT2D eigenvalue weighted by atomic mass is 35.5. The van der Waals surface area contributed by atoms with Gasteiger partial charge in [-0.05, 0) is 30.2 Å². The summed E-state index contributed by atoms with van der Waals surface area (Å²) in [5.41, 5.74) is 0.601. The minimum atomic E-state index is -0.615. The maximum Gasteiger partial charge on any atom is 0.253 e. The lowest BCUT2D eigenvalue weighted by Crippen LogP contribution is -2.51. The van der Waals surface area contributed by atoms with E-state index in [0.717, 1.165) is 0 Å². The van der Waals surface area contributed by atoms with Crippen molar-refractivity contribution in [3.05, 3.63) is 34.9 Å². The van der Waals surface area contributed by atoms with Gasteiger partial charge < -0.3 is 14.9 Å². The molecule has 1 aliphatic rings. The molecule has 1 heterocycles. The largest absolute Gasteiger partial charge is 0.392 e. The van der Waals surface area contributed by atoms with E-state index in [1.165, 1.54) is 0 Å². The Morgan fingerprint density at radius 1 is 1.09 bits per heavy atom. The second-order valence-corrected chi connectivity index (χ2v) is 6.63. The van der Waals surface area contributed by atoms with Crippen LogP contribution in [0, 0.1) is 5.92 Å². The fourth-order valence-electron chi connectivity index (χ4n) is 2.48. The van der Waals surface area contributed by atoms with E-state index in [2.05, 4.69) is 0 Å². The van der Waals surface area contributed by atoms with E-state index in [0.29, 0.717) is 36.8 Å². The zero-order valence-electron chi connectivity index (χ0n) is 13.5. The summed E-state index contributed by atoms with van der Waals surface area (Å²) in [6.45, 7) is 5.79. The SMILES string of the molecule is CC(C)C(O)CC(=O)N1CCN(C(=O)c2ccc(Cl)cc2)CC1. The number of carbonyl (C=O) groups is 2. The van der Waals surface area contributed by atoms with Crippen molar-refractivity contribution in [3.63, 3.8) is 0 Å². The molecule has 0 aromatic heterocycles. The van der Waals surface area contributed by atoms with Crippen LogP contribution >= 0.6 is 11.6 Å². The Hall–Kier alpha value is -1.59. The molecule has 0 radical (unpaired) electrons. The maximum absolute atomic E-state index is 12.4. The highest BCUT2D eigenvalue weighted by Gasteiger charge is 2.26. The van der Waals surface area contributed by atoms with Gasteiger partial charge in [0.15, 0.2) is 0 Å². The van der Waals surface area contributed by atoms with Crippen molar-refractivity contribution >= 4 is 23.4 Å². The van der Waals surface area contributed by atoms with Gasteiger partial charge in [0.25, 0.3) is 5.91 Å². The summed E-state index contributed by atoms with van der Waals surface area (Å²) in [5.74, 6) is -0.0347. The monoisotopic (exact) mass is 338 g/mol. The number of halogens is 1. The molecule has 1 unspecified atom stereocenters. The third kappa shape index (κ3) is 4.69. The number of carbonyl (C=O) groups excluding carboxylic acids is 2. The first-order valence-corrected chi connectivity index (χ1v) is 8.27. The molecule has 0 aliphatic carbocycles. The van der Waals surface area contributed by atoms with Crippen molar-refractivity contribution < 1.29 is 14.7 Å². The minimum absolute atomic E-state index is 0.0454. The molecule has 0 saturated carbocycles. The zero-order chi connectivity index (χ0) is 17.0. The summed E-state index contributed by atoms with van der Waals surface area (Å²) in [6.07, 6.45) is -0.473. The molecule has 0 bridgehead atoms. The van der Waals surface area contributed by atoms with Crippen LogP contribution in [0.15, 0.2) is 24.3 Å². The third-order valence-electron chi connectivity index (χ3n) is 4.16. The van der Waals surface area contributed by atoms with Crippen molar-refractivity contribution in [2.45, 2.75) is 26.4 Å². The molecule has 1 aliphatic heterocycles. The van der Waals surface area contributed by atoms with E-state index in [1.54, 1.807) is 34.1 Å². The smallest absolute Gasteiger partial charge is 0.253 e. The lowest BCUT2D eigenvalue weighted by Gasteiger charge is -2.35. The second kappa shape index (κ2) is 7.79. The van der Waals surface area contributed by atoms with Crippen molar-refractivity contribution in [2.24, 2.45) is 5.92 Å². The summed E-state index contributed by atoms with van der Waals surface area (Å²) < 4.78 is 0. The van der Waals surface area contributed by atoms with Crippen molar-refractivity contribution in [1.29, 1.82) is 0 Å². The highest BCUT2D eigenvalue weighted by Crippen LogP contribution is 2.14. The van der Waals surface area contributed by atoms with Gasteiger partial charge in [-0.2, -0.15) is 0 Å². The fraction of sp³-hybridized carbons (Fsp3) is 0.529. The fourth-order valence-corrected chi connectivity index (χ4v) is 2.60. The van der Waals surface area contributed by atoms with E-state index in [1.807, 2.05) is 13.8 Å². The van der Waals surface area contributed by atoms with Gasteiger partial charge in [-0.15, -0.1) is 0 Å². The average molecular weight is 339 g/mol. The molecular formula is C17H23ClN2O3. The number of amides is 2. The Morgan fingerprint density at radius 3 is 2.13 bits per heavy atom. The van der Waals surface area contributed by atoms with Crippen LogP contribution in [-0.4, -0.2) is 59.0 Å². The van der Waals surface area contributed by atoms with Crippen LogP contribution < -0.4 is 0 Å². The van der Waals surface area contributed by atoms with Crippen molar-refractivity contribution in [2.75, 3.05) is 26.2 Å². The number of hydrogen-bond donors (Lipinski definition) is 1. The van der Waals surface area contributed by atoms with Gasteiger partial charge in [0.1, 0.15) is 0 Å². The van der Waals surface area contributed by atoms with Gasteiger partial charge in [-0.1, -0.05) is 25.4 Å². The number of piperazine rings is 1. The lowest BCUT2D eigenvalue weighted by atomic mass is 10.0. The van der Waals surface area contributed by atoms with Gasteiger partial charge in [0.05, 0.1) is 12.5 Å². The summed E-state index contributed by atoms with van der Waals surface area (Å²) in [5, 5.41) is 10.4. The highest BCUT2D eigenvalue weighted by molar-refractivity contribution is 6.30. The molecule has 1 atom stereocenters. The number of aliphatic hydroxyl groups is 1. The molecule has 1 fully saturated rings. The molecule has 5 nitrogen and oxygen atoms in total. The number of benzene rings is 1. The number of aliphatic hydroxyl groups excluding tert-OH is 1. The van der Waals surface area contributed by atoms with Crippen LogP contribution in [0.2, 0.25) is 5.02 Å². The van der Waals surface area contributed by atoms with E-state index in [4.69, 9.17) is 11.6 Å². The molecule has 1 aromatic carbocycles. The van der Waals surface area contributed by atoms with Crippen LogP contribution in [0.3, 0.4) is 0 Å². The zero-order valence-corrected chi connectivity index (χ0v) is 14.3. The quantitative estimate of drug-likeness (QED) is 0.913. The molecule has 0 spiro atoms. The van der Waals surface area contributed by atoms with E-state index >= 15 is 0 Å². The van der Waals surface area contributed by atoms with Crippen molar-refractivity contribution in [1.82, 2.24) is 9.80 Å². The molecular weight excluding hydrogens is 316 g/mol. The average Bonchev–Trinajstić information content (AvgIpc) is 2.55. The van der Waals surface area contributed by atoms with E-state index in [9.17, 15) is 14.7 Å². The van der Waals surface area contributed by atoms with E-state index in [-0.39, 0.29) is 24.2 Å². The molecule has 1 N–H and O–H groups in total. The Bertz CT molecular complexity index is 551. The molecule has 2 amide bonds. The topological polar surface area (TPSA) is 60.9 Å². The molecule has 1 aromatic rings. The lowest BCUT2D eigenvalue weighted by molar-refractivity contribution is -0.135. The Labute approximate surface area is 141 Å². The Morgan fingerprint density at radius 2 is 1.61 bits per heavy atom. The van der Waals surface area contributed by atoms with Gasteiger partial charge in [-0.3, -0.25) is 9.59 Å². The third-order valence-corrected chi connectivity index (χ3v) is 4.42. The van der Waals surface area contributed by atoms with Gasteiger partial charge in [0, 0.05) is 36.8 Å². The first-order valence-electron chi connectivity index (χ1n) is 7.89. The van der Waals surface area contributed by atoms with Gasteiger partial charge in [-0.25, -0.2) is 0 Å². The number of hydrogen-bond acceptors (Lipinski definition) is 3. The Kier molecular flexibility index (Phi) is 6.02. The van der Waals surface area contributed by atoms with Crippen LogP contribution in [-0.2, 0) is 4.79 Å². The number of rotatable bonds is 4. The molecule has 23 heavy (non-hydrogen) atoms. The van der Waals surface area contributed by atoms with Crippen LogP contribution in [0.4, 0.5) is 0 Å². The number of nitrogens with zero attached hydrogens (tertiary/aromatic N) is 2. The first kappa shape index (κ1) is 17.8. The molecule has 2 rings (SSSR count). The Balaban J connectivity index is 1.87. The maximum atomic E-state index is 12.4. The first-order chi connectivity index (χ1) is 10.9. The molecule has 126 valence electrons. The predicted octanol–water partition coefficient (Wildman–Crippen LogP) is 2.03. The normalized spacial score (nSPS) is 16.6. The summed E-state index contributed by atoms with van der Waals surface area (Å²) >= 11 is 5.83. The standard InChI is InChI=1S/C17H23ClN2O3/c1-12(2)15(21)11-16(22)19-7-9-20(10-8-19)17(23)13-3-5-14(18)6-4-13/h3-6,12,15,21H,7-11H2,1-2H3. The van der Waals surface area contributed by atoms with Crippen molar-refractivity contribution in [3.8, 4) is 0 Å². The molecule has 1 saturated heterocycles. The summed E-state index contributed by atoms with van der Waals surface area (Å²) in [7, 11) is 0. The van der Waals surface area contributed by atoms with E-state index < -0.39 is 6.10 Å². The molecule has 6 heteroatoms.